The molecule has 1 unspecified atom stereocenters. The zero-order valence-corrected chi connectivity index (χ0v) is 11.2. The zero-order valence-electron chi connectivity index (χ0n) is 11.2. The van der Waals surface area contributed by atoms with E-state index in [2.05, 4.69) is 0 Å². The van der Waals surface area contributed by atoms with Gasteiger partial charge >= 0.3 is 11.9 Å². The second kappa shape index (κ2) is 5.49. The fourth-order valence-electron chi connectivity index (χ4n) is 4.09. The molecule has 0 spiro atoms. The SMILES string of the molecule is N[C@@]1(C(=O)O)CCC[C@H](C(=O)O)C1C1CCCCC1. The van der Waals surface area contributed by atoms with Crippen LogP contribution in [0.1, 0.15) is 51.4 Å². The van der Waals surface area contributed by atoms with Gasteiger partial charge in [0.2, 0.25) is 0 Å². The molecule has 2 fully saturated rings. The van der Waals surface area contributed by atoms with Gasteiger partial charge in [-0.15, -0.1) is 0 Å². The Morgan fingerprint density at radius 2 is 1.63 bits per heavy atom. The molecule has 0 amide bonds. The Morgan fingerprint density at radius 3 is 2.16 bits per heavy atom. The van der Waals surface area contributed by atoms with E-state index in [4.69, 9.17) is 5.73 Å². The van der Waals surface area contributed by atoms with Gasteiger partial charge in [-0.25, -0.2) is 0 Å². The van der Waals surface area contributed by atoms with Crippen molar-refractivity contribution in [2.24, 2.45) is 23.5 Å². The van der Waals surface area contributed by atoms with Gasteiger partial charge in [0.1, 0.15) is 5.54 Å². The zero-order chi connectivity index (χ0) is 14.0. The molecule has 2 saturated carbocycles. The molecule has 5 heteroatoms. The first-order chi connectivity index (χ1) is 8.97. The fraction of sp³-hybridized carbons (Fsp3) is 0.857. The van der Waals surface area contributed by atoms with Gasteiger partial charge in [-0.2, -0.15) is 0 Å². The van der Waals surface area contributed by atoms with Crippen LogP contribution in [0.15, 0.2) is 0 Å². The Bertz CT molecular complexity index is 364. The monoisotopic (exact) mass is 269 g/mol. The normalized spacial score (nSPS) is 36.9. The van der Waals surface area contributed by atoms with Crippen molar-refractivity contribution in [2.45, 2.75) is 56.9 Å². The van der Waals surface area contributed by atoms with E-state index in [1.165, 1.54) is 0 Å². The predicted octanol–water partition coefficient (Wildman–Crippen LogP) is 1.85. The van der Waals surface area contributed by atoms with E-state index in [9.17, 15) is 19.8 Å². The molecule has 2 aliphatic rings. The van der Waals surface area contributed by atoms with E-state index in [1.54, 1.807) is 0 Å². The smallest absolute Gasteiger partial charge is 0.324 e. The maximum atomic E-state index is 11.6. The summed E-state index contributed by atoms with van der Waals surface area (Å²) in [5.74, 6) is -2.79. The van der Waals surface area contributed by atoms with Crippen LogP contribution in [0.4, 0.5) is 0 Å². The first-order valence-corrected chi connectivity index (χ1v) is 7.22. The molecule has 3 atom stereocenters. The number of rotatable bonds is 3. The first kappa shape index (κ1) is 14.3. The van der Waals surface area contributed by atoms with E-state index in [1.807, 2.05) is 0 Å². The fourth-order valence-corrected chi connectivity index (χ4v) is 4.09. The van der Waals surface area contributed by atoms with Crippen LogP contribution >= 0.6 is 0 Å². The molecule has 2 aliphatic carbocycles. The van der Waals surface area contributed by atoms with Crippen molar-refractivity contribution in [3.8, 4) is 0 Å². The highest BCUT2D eigenvalue weighted by Gasteiger charge is 2.53. The molecule has 0 heterocycles. The minimum atomic E-state index is -1.36. The van der Waals surface area contributed by atoms with Crippen molar-refractivity contribution in [1.82, 2.24) is 0 Å². The number of carbonyl (C=O) groups is 2. The molecule has 0 radical (unpaired) electrons. The van der Waals surface area contributed by atoms with Crippen molar-refractivity contribution in [3.63, 3.8) is 0 Å². The lowest BCUT2D eigenvalue weighted by Gasteiger charge is -2.46. The Balaban J connectivity index is 2.31. The highest BCUT2D eigenvalue weighted by molar-refractivity contribution is 5.81. The Labute approximate surface area is 113 Å². The van der Waals surface area contributed by atoms with Crippen molar-refractivity contribution in [3.05, 3.63) is 0 Å². The third-order valence-electron chi connectivity index (χ3n) is 5.01. The van der Waals surface area contributed by atoms with Crippen molar-refractivity contribution >= 4 is 11.9 Å². The summed E-state index contributed by atoms with van der Waals surface area (Å²) in [4.78, 5) is 23.0. The number of hydrogen-bond donors (Lipinski definition) is 3. The standard InChI is InChI=1S/C14H23NO4/c15-14(13(18)19)8-4-7-10(12(16)17)11(14)9-5-2-1-3-6-9/h9-11H,1-8,15H2,(H,16,17)(H,18,19)/t10-,11?,14-/m0/s1. The molecule has 0 bridgehead atoms. The minimum Gasteiger partial charge on any atom is -0.481 e. The van der Waals surface area contributed by atoms with Gasteiger partial charge in [-0.1, -0.05) is 38.5 Å². The molecule has 19 heavy (non-hydrogen) atoms. The van der Waals surface area contributed by atoms with Gasteiger partial charge in [-0.3, -0.25) is 9.59 Å². The number of carboxylic acids is 2. The summed E-state index contributed by atoms with van der Waals surface area (Å²) in [5, 5.41) is 18.9. The lowest BCUT2D eigenvalue weighted by atomic mass is 9.59. The van der Waals surface area contributed by atoms with E-state index >= 15 is 0 Å². The predicted molar refractivity (Wildman–Crippen MR) is 69.6 cm³/mol. The number of aliphatic carboxylic acids is 2. The number of carboxylic acid groups (broad SMARTS) is 2. The summed E-state index contributed by atoms with van der Waals surface area (Å²) in [6.45, 7) is 0. The lowest BCUT2D eigenvalue weighted by molar-refractivity contribution is -0.157. The van der Waals surface area contributed by atoms with Crippen LogP contribution in [-0.4, -0.2) is 27.7 Å². The third-order valence-corrected chi connectivity index (χ3v) is 5.01. The highest BCUT2D eigenvalue weighted by atomic mass is 16.4. The number of hydrogen-bond acceptors (Lipinski definition) is 3. The second-order valence-corrected chi connectivity index (χ2v) is 6.11. The molecule has 0 aromatic carbocycles. The Hall–Kier alpha value is -1.10. The van der Waals surface area contributed by atoms with Crippen molar-refractivity contribution in [1.29, 1.82) is 0 Å². The molecule has 108 valence electrons. The summed E-state index contributed by atoms with van der Waals surface area (Å²) in [6.07, 6.45) is 6.65. The summed E-state index contributed by atoms with van der Waals surface area (Å²) in [6, 6.07) is 0. The van der Waals surface area contributed by atoms with Crippen LogP contribution in [-0.2, 0) is 9.59 Å². The summed E-state index contributed by atoms with van der Waals surface area (Å²) in [5.41, 5.74) is 4.78. The Kier molecular flexibility index (Phi) is 4.13. The Morgan fingerprint density at radius 1 is 1.00 bits per heavy atom. The quantitative estimate of drug-likeness (QED) is 0.726. The second-order valence-electron chi connectivity index (χ2n) is 6.11. The van der Waals surface area contributed by atoms with Crippen LogP contribution in [0.3, 0.4) is 0 Å². The lowest BCUT2D eigenvalue weighted by Crippen LogP contribution is -2.61. The van der Waals surface area contributed by atoms with E-state index in [0.717, 1.165) is 32.1 Å². The summed E-state index contributed by atoms with van der Waals surface area (Å²) in [7, 11) is 0. The minimum absolute atomic E-state index is 0.149. The average Bonchev–Trinajstić information content (AvgIpc) is 2.39. The van der Waals surface area contributed by atoms with E-state index < -0.39 is 29.3 Å². The van der Waals surface area contributed by atoms with Crippen LogP contribution < -0.4 is 5.73 Å². The topological polar surface area (TPSA) is 101 Å². The van der Waals surface area contributed by atoms with E-state index in [-0.39, 0.29) is 5.92 Å². The molecule has 4 N–H and O–H groups in total. The third kappa shape index (κ3) is 2.61. The molecular formula is C14H23NO4. The number of nitrogens with two attached hydrogens (primary N) is 1. The van der Waals surface area contributed by atoms with Gasteiger partial charge in [0, 0.05) is 5.92 Å². The van der Waals surface area contributed by atoms with E-state index in [0.29, 0.717) is 19.3 Å². The summed E-state index contributed by atoms with van der Waals surface area (Å²) >= 11 is 0. The van der Waals surface area contributed by atoms with Gasteiger partial charge < -0.3 is 15.9 Å². The molecule has 0 aromatic heterocycles. The average molecular weight is 269 g/mol. The maximum Gasteiger partial charge on any atom is 0.324 e. The summed E-state index contributed by atoms with van der Waals surface area (Å²) < 4.78 is 0. The molecule has 2 rings (SSSR count). The first-order valence-electron chi connectivity index (χ1n) is 7.22. The largest absolute Gasteiger partial charge is 0.481 e. The van der Waals surface area contributed by atoms with Gasteiger partial charge in [-0.05, 0) is 18.8 Å². The molecule has 0 saturated heterocycles. The van der Waals surface area contributed by atoms with Gasteiger partial charge in [0.15, 0.2) is 0 Å². The maximum absolute atomic E-state index is 11.6. The van der Waals surface area contributed by atoms with Crippen molar-refractivity contribution < 1.29 is 19.8 Å². The van der Waals surface area contributed by atoms with Crippen molar-refractivity contribution in [2.75, 3.05) is 0 Å². The molecule has 0 aromatic rings. The van der Waals surface area contributed by atoms with Gasteiger partial charge in [0.05, 0.1) is 5.92 Å². The van der Waals surface area contributed by atoms with Gasteiger partial charge in [0.25, 0.3) is 0 Å². The highest BCUT2D eigenvalue weighted by Crippen LogP contribution is 2.46. The molecule has 5 nitrogen and oxygen atoms in total. The van der Waals surface area contributed by atoms with Crippen LogP contribution in [0.25, 0.3) is 0 Å². The van der Waals surface area contributed by atoms with Crippen LogP contribution in [0.5, 0.6) is 0 Å². The molecular weight excluding hydrogens is 246 g/mol. The molecule has 0 aliphatic heterocycles. The van der Waals surface area contributed by atoms with Crippen LogP contribution in [0.2, 0.25) is 0 Å². The van der Waals surface area contributed by atoms with Crippen LogP contribution in [0, 0.1) is 17.8 Å².